The summed E-state index contributed by atoms with van der Waals surface area (Å²) < 4.78 is 12.6. The molecule has 0 radical (unpaired) electrons. The molecule has 0 unspecified atom stereocenters. The van der Waals surface area contributed by atoms with E-state index in [9.17, 15) is 4.57 Å². The first-order chi connectivity index (χ1) is 8.54. The Balaban J connectivity index is 2.16. The third-order valence-corrected chi connectivity index (χ3v) is 3.16. The van der Waals surface area contributed by atoms with Crippen molar-refractivity contribution in [3.8, 4) is 11.4 Å². The van der Waals surface area contributed by atoms with Crippen LogP contribution < -0.4 is 5.44 Å². The van der Waals surface area contributed by atoms with E-state index in [1.165, 1.54) is 10.6 Å². The normalized spacial score (nSPS) is 12.1. The average Bonchev–Trinajstić information content (AvgIpc) is 2.96. The van der Waals surface area contributed by atoms with E-state index in [4.69, 9.17) is 9.79 Å². The van der Waals surface area contributed by atoms with Crippen LogP contribution in [-0.2, 0) is 4.57 Å². The standard InChI is InChI=1S/C8H7N6O3P/c15-18(16,17)7-4-14-2-1-5(3-6(14)9-7)8-10-12-13-11-8/h1-4H,(H2,15,16,17)(H,10,11,12,13). The van der Waals surface area contributed by atoms with E-state index in [0.717, 1.165) is 0 Å². The zero-order chi connectivity index (χ0) is 12.8. The fourth-order valence-corrected chi connectivity index (χ4v) is 2.04. The van der Waals surface area contributed by atoms with Crippen LogP contribution in [0.5, 0.6) is 0 Å². The lowest BCUT2D eigenvalue weighted by Crippen LogP contribution is -2.03. The first kappa shape index (κ1) is 11.0. The van der Waals surface area contributed by atoms with Crippen molar-refractivity contribution in [3.05, 3.63) is 24.5 Å². The number of nitrogens with zero attached hydrogens (tertiary/aromatic N) is 5. The minimum atomic E-state index is -4.35. The van der Waals surface area contributed by atoms with Crippen LogP contribution in [0, 0.1) is 0 Å². The smallest absolute Gasteiger partial charge is 0.320 e. The Labute approximate surface area is 99.7 Å². The molecule has 0 atom stereocenters. The molecule has 0 amide bonds. The zero-order valence-electron chi connectivity index (χ0n) is 8.80. The number of nitrogens with one attached hydrogen (secondary N) is 1. The summed E-state index contributed by atoms with van der Waals surface area (Å²) in [5.41, 5.74) is 0.780. The molecule has 0 aliphatic heterocycles. The Morgan fingerprint density at radius 3 is 2.89 bits per heavy atom. The van der Waals surface area contributed by atoms with Gasteiger partial charge in [0, 0.05) is 18.0 Å². The highest BCUT2D eigenvalue weighted by atomic mass is 31.2. The first-order valence-electron chi connectivity index (χ1n) is 4.83. The molecule has 3 aromatic rings. The summed E-state index contributed by atoms with van der Waals surface area (Å²) in [6, 6.07) is 3.31. The van der Waals surface area contributed by atoms with Crippen LogP contribution in [0.15, 0.2) is 24.5 Å². The van der Waals surface area contributed by atoms with Gasteiger partial charge in [-0.2, -0.15) is 5.21 Å². The van der Waals surface area contributed by atoms with Crippen LogP contribution in [0.3, 0.4) is 0 Å². The van der Waals surface area contributed by atoms with E-state index in [2.05, 4.69) is 25.6 Å². The molecule has 0 saturated heterocycles. The maximum absolute atomic E-state index is 11.1. The molecule has 0 fully saturated rings. The Morgan fingerprint density at radius 2 is 2.22 bits per heavy atom. The van der Waals surface area contributed by atoms with Gasteiger partial charge < -0.3 is 14.2 Å². The maximum Gasteiger partial charge on any atom is 0.376 e. The summed E-state index contributed by atoms with van der Waals surface area (Å²) in [7, 11) is -4.35. The molecule has 3 rings (SSSR count). The van der Waals surface area contributed by atoms with Gasteiger partial charge in [0.05, 0.1) is 0 Å². The zero-order valence-corrected chi connectivity index (χ0v) is 9.69. The topological polar surface area (TPSA) is 129 Å². The SMILES string of the molecule is O=P(O)(O)c1cn2ccc(-c3nn[nH]n3)cc2n1. The van der Waals surface area contributed by atoms with Crippen LogP contribution in [0.25, 0.3) is 17.0 Å². The lowest BCUT2D eigenvalue weighted by Gasteiger charge is -1.95. The van der Waals surface area contributed by atoms with Crippen LogP contribution in [0.2, 0.25) is 0 Å². The van der Waals surface area contributed by atoms with E-state index in [1.807, 2.05) is 0 Å². The van der Waals surface area contributed by atoms with Gasteiger partial charge in [-0.3, -0.25) is 4.57 Å². The molecule has 18 heavy (non-hydrogen) atoms. The molecule has 0 aromatic carbocycles. The highest BCUT2D eigenvalue weighted by Gasteiger charge is 2.21. The van der Waals surface area contributed by atoms with Gasteiger partial charge >= 0.3 is 7.60 Å². The van der Waals surface area contributed by atoms with Gasteiger partial charge in [0.15, 0.2) is 5.44 Å². The summed E-state index contributed by atoms with van der Waals surface area (Å²) in [6.45, 7) is 0. The largest absolute Gasteiger partial charge is 0.376 e. The summed E-state index contributed by atoms with van der Waals surface area (Å²) in [5.74, 6) is 0.387. The Bertz CT molecular complexity index is 745. The number of pyridine rings is 1. The summed E-state index contributed by atoms with van der Waals surface area (Å²) >= 11 is 0. The van der Waals surface area contributed by atoms with Crippen molar-refractivity contribution in [2.45, 2.75) is 0 Å². The van der Waals surface area contributed by atoms with Gasteiger partial charge in [-0.1, -0.05) is 0 Å². The minimum absolute atomic E-state index is 0.271. The van der Waals surface area contributed by atoms with Gasteiger partial charge in [-0.25, -0.2) is 4.98 Å². The van der Waals surface area contributed by atoms with E-state index < -0.39 is 7.60 Å². The van der Waals surface area contributed by atoms with E-state index in [-0.39, 0.29) is 5.44 Å². The molecule has 0 aliphatic carbocycles. The molecule has 0 aliphatic rings. The number of H-pyrrole nitrogens is 1. The number of aromatic amines is 1. The van der Waals surface area contributed by atoms with Crippen LogP contribution >= 0.6 is 7.60 Å². The Morgan fingerprint density at radius 1 is 1.39 bits per heavy atom. The molecule has 0 saturated carbocycles. The molecular formula is C8H7N6O3P. The van der Waals surface area contributed by atoms with Crippen molar-refractivity contribution in [3.63, 3.8) is 0 Å². The third kappa shape index (κ3) is 1.80. The number of tetrazole rings is 1. The minimum Gasteiger partial charge on any atom is -0.320 e. The Hall–Kier alpha value is -2.09. The lowest BCUT2D eigenvalue weighted by molar-refractivity contribution is 0.386. The summed E-state index contributed by atoms with van der Waals surface area (Å²) in [6.07, 6.45) is 2.91. The molecule has 9 nitrogen and oxygen atoms in total. The molecule has 0 spiro atoms. The average molecular weight is 266 g/mol. The molecule has 0 bridgehead atoms. The van der Waals surface area contributed by atoms with Crippen LogP contribution in [0.4, 0.5) is 0 Å². The maximum atomic E-state index is 11.1. The predicted octanol–water partition coefficient (Wildman–Crippen LogP) is -0.683. The summed E-state index contributed by atoms with van der Waals surface area (Å²) in [5, 5.41) is 13.4. The lowest BCUT2D eigenvalue weighted by atomic mass is 10.2. The molecule has 3 heterocycles. The van der Waals surface area contributed by atoms with Crippen molar-refractivity contribution in [2.75, 3.05) is 0 Å². The molecule has 10 heteroatoms. The second-order valence-corrected chi connectivity index (χ2v) is 5.11. The van der Waals surface area contributed by atoms with Gasteiger partial charge in [-0.05, 0) is 17.3 Å². The van der Waals surface area contributed by atoms with Crippen molar-refractivity contribution < 1.29 is 14.4 Å². The highest BCUT2D eigenvalue weighted by Crippen LogP contribution is 2.32. The van der Waals surface area contributed by atoms with Gasteiger partial charge in [0.25, 0.3) is 0 Å². The van der Waals surface area contributed by atoms with Crippen molar-refractivity contribution in [1.29, 1.82) is 0 Å². The fourth-order valence-electron chi connectivity index (χ4n) is 1.53. The summed E-state index contributed by atoms with van der Waals surface area (Å²) in [4.78, 5) is 21.9. The molecule has 3 N–H and O–H groups in total. The van der Waals surface area contributed by atoms with E-state index in [0.29, 0.717) is 17.0 Å². The quantitative estimate of drug-likeness (QED) is 0.524. The number of fused-ring (bicyclic) bond motifs is 1. The second-order valence-electron chi connectivity index (χ2n) is 3.56. The van der Waals surface area contributed by atoms with E-state index >= 15 is 0 Å². The van der Waals surface area contributed by atoms with Crippen molar-refractivity contribution in [1.82, 2.24) is 30.0 Å². The van der Waals surface area contributed by atoms with Gasteiger partial charge in [0.2, 0.25) is 5.82 Å². The third-order valence-electron chi connectivity index (χ3n) is 2.35. The van der Waals surface area contributed by atoms with E-state index in [1.54, 1.807) is 18.3 Å². The molecule has 92 valence electrons. The first-order valence-corrected chi connectivity index (χ1v) is 6.44. The fraction of sp³-hybridized carbons (Fsp3) is 0. The number of imidazole rings is 1. The number of rotatable bonds is 2. The number of aromatic nitrogens is 6. The number of hydrogen-bond donors (Lipinski definition) is 3. The van der Waals surface area contributed by atoms with Crippen molar-refractivity contribution in [2.24, 2.45) is 0 Å². The number of hydrogen-bond acceptors (Lipinski definition) is 5. The van der Waals surface area contributed by atoms with Crippen LogP contribution in [0.1, 0.15) is 0 Å². The van der Waals surface area contributed by atoms with Gasteiger partial charge in [0.1, 0.15) is 5.65 Å². The molecule has 3 aromatic heterocycles. The van der Waals surface area contributed by atoms with Crippen molar-refractivity contribution >= 4 is 18.7 Å². The highest BCUT2D eigenvalue weighted by molar-refractivity contribution is 7.60. The monoisotopic (exact) mass is 266 g/mol. The molecular weight excluding hydrogens is 259 g/mol. The second kappa shape index (κ2) is 3.70. The Kier molecular flexibility index (Phi) is 2.27. The van der Waals surface area contributed by atoms with Crippen LogP contribution in [-0.4, -0.2) is 39.8 Å². The predicted molar refractivity (Wildman–Crippen MR) is 60.0 cm³/mol. The van der Waals surface area contributed by atoms with Gasteiger partial charge in [-0.15, -0.1) is 10.2 Å².